The highest BCUT2D eigenvalue weighted by atomic mass is 16.3. The smallest absolute Gasteiger partial charge is 0.0926 e. The molecule has 3 N–H and O–H groups in total. The van der Waals surface area contributed by atoms with Crippen LogP contribution < -0.4 is 5.32 Å². The molecule has 12 heavy (non-hydrogen) atoms. The van der Waals surface area contributed by atoms with Gasteiger partial charge in [-0.25, -0.2) is 0 Å². The van der Waals surface area contributed by atoms with Crippen LogP contribution in [-0.4, -0.2) is 35.5 Å². The van der Waals surface area contributed by atoms with E-state index in [-0.39, 0.29) is 5.92 Å². The van der Waals surface area contributed by atoms with E-state index in [1.165, 1.54) is 0 Å². The third kappa shape index (κ3) is 2.44. The SMILES string of the molecule is CCCC[C@H]1CNC[C@@H](O)[C@@H]1O. The molecular formula is C9H19NO2. The average molecular weight is 173 g/mol. The Bertz CT molecular complexity index is 130. The maximum Gasteiger partial charge on any atom is 0.0926 e. The summed E-state index contributed by atoms with van der Waals surface area (Å²) in [5.41, 5.74) is 0. The number of hydrogen-bond acceptors (Lipinski definition) is 3. The molecule has 1 heterocycles. The van der Waals surface area contributed by atoms with Crippen LogP contribution in [0.3, 0.4) is 0 Å². The monoisotopic (exact) mass is 173 g/mol. The van der Waals surface area contributed by atoms with Crippen LogP contribution in [0, 0.1) is 5.92 Å². The van der Waals surface area contributed by atoms with E-state index in [0.29, 0.717) is 6.54 Å². The molecule has 1 fully saturated rings. The first-order chi connectivity index (χ1) is 5.75. The Hall–Kier alpha value is -0.120. The highest BCUT2D eigenvalue weighted by molar-refractivity contribution is 4.83. The van der Waals surface area contributed by atoms with Crippen molar-refractivity contribution in [3.63, 3.8) is 0 Å². The summed E-state index contributed by atoms with van der Waals surface area (Å²) in [7, 11) is 0. The summed E-state index contributed by atoms with van der Waals surface area (Å²) in [6, 6.07) is 0. The molecule has 0 radical (unpaired) electrons. The van der Waals surface area contributed by atoms with Crippen LogP contribution in [0.25, 0.3) is 0 Å². The number of β-amino-alcohol motifs (C(OH)–C–C–N with tert-alkyl or cyclic N) is 1. The molecule has 0 bridgehead atoms. The second-order valence-electron chi connectivity index (χ2n) is 3.62. The van der Waals surface area contributed by atoms with Gasteiger partial charge in [0, 0.05) is 13.1 Å². The molecule has 0 aromatic heterocycles. The molecule has 0 saturated carbocycles. The molecule has 3 atom stereocenters. The topological polar surface area (TPSA) is 52.5 Å². The molecule has 72 valence electrons. The van der Waals surface area contributed by atoms with Crippen LogP contribution in [-0.2, 0) is 0 Å². The summed E-state index contributed by atoms with van der Waals surface area (Å²) in [4.78, 5) is 0. The molecule has 0 spiro atoms. The van der Waals surface area contributed by atoms with Crippen molar-refractivity contribution in [1.29, 1.82) is 0 Å². The van der Waals surface area contributed by atoms with Crippen LogP contribution in [0.5, 0.6) is 0 Å². The first kappa shape index (κ1) is 9.96. The number of hydrogen-bond donors (Lipinski definition) is 3. The maximum absolute atomic E-state index is 9.57. The Balaban J connectivity index is 2.30. The molecule has 3 nitrogen and oxygen atoms in total. The minimum atomic E-state index is -0.569. The van der Waals surface area contributed by atoms with Gasteiger partial charge in [0.2, 0.25) is 0 Å². The van der Waals surface area contributed by atoms with Crippen molar-refractivity contribution in [3.05, 3.63) is 0 Å². The van der Waals surface area contributed by atoms with E-state index in [2.05, 4.69) is 12.2 Å². The lowest BCUT2D eigenvalue weighted by Crippen LogP contribution is -2.50. The second-order valence-corrected chi connectivity index (χ2v) is 3.62. The summed E-state index contributed by atoms with van der Waals surface area (Å²) in [6.07, 6.45) is 2.22. The summed E-state index contributed by atoms with van der Waals surface area (Å²) in [5, 5.41) is 22.0. The van der Waals surface area contributed by atoms with Crippen LogP contribution in [0.2, 0.25) is 0 Å². The molecule has 1 rings (SSSR count). The van der Waals surface area contributed by atoms with E-state index in [4.69, 9.17) is 0 Å². The fraction of sp³-hybridized carbons (Fsp3) is 1.00. The number of aliphatic hydroxyl groups is 2. The predicted molar refractivity (Wildman–Crippen MR) is 47.9 cm³/mol. The van der Waals surface area contributed by atoms with Gasteiger partial charge in [0.05, 0.1) is 12.2 Å². The van der Waals surface area contributed by atoms with Crippen molar-refractivity contribution >= 4 is 0 Å². The molecule has 0 aliphatic carbocycles. The Labute approximate surface area is 73.8 Å². The third-order valence-electron chi connectivity index (χ3n) is 2.57. The molecule has 0 unspecified atom stereocenters. The molecule has 1 aliphatic heterocycles. The Kier molecular flexibility index (Phi) is 3.98. The molecule has 0 aromatic rings. The zero-order valence-electron chi connectivity index (χ0n) is 7.66. The largest absolute Gasteiger partial charge is 0.390 e. The number of piperidine rings is 1. The second kappa shape index (κ2) is 4.80. The van der Waals surface area contributed by atoms with Crippen molar-refractivity contribution in [1.82, 2.24) is 5.32 Å². The summed E-state index contributed by atoms with van der Waals surface area (Å²) in [6.45, 7) is 3.51. The summed E-state index contributed by atoms with van der Waals surface area (Å²) < 4.78 is 0. The normalized spacial score (nSPS) is 36.8. The minimum Gasteiger partial charge on any atom is -0.390 e. The Morgan fingerprint density at radius 2 is 2.08 bits per heavy atom. The number of rotatable bonds is 3. The Morgan fingerprint density at radius 1 is 1.33 bits per heavy atom. The van der Waals surface area contributed by atoms with Crippen LogP contribution in [0.4, 0.5) is 0 Å². The molecular weight excluding hydrogens is 154 g/mol. The quantitative estimate of drug-likeness (QED) is 0.568. The van der Waals surface area contributed by atoms with E-state index in [9.17, 15) is 10.2 Å². The van der Waals surface area contributed by atoms with E-state index in [0.717, 1.165) is 25.8 Å². The number of unbranched alkanes of at least 4 members (excludes halogenated alkanes) is 1. The molecule has 0 aromatic carbocycles. The molecule has 1 aliphatic rings. The fourth-order valence-electron chi connectivity index (χ4n) is 1.71. The maximum atomic E-state index is 9.57. The average Bonchev–Trinajstić information content (AvgIpc) is 2.08. The van der Waals surface area contributed by atoms with Gasteiger partial charge in [0.1, 0.15) is 0 Å². The lowest BCUT2D eigenvalue weighted by Gasteiger charge is -2.32. The summed E-state index contributed by atoms with van der Waals surface area (Å²) in [5.74, 6) is 0.244. The Morgan fingerprint density at radius 3 is 2.75 bits per heavy atom. The van der Waals surface area contributed by atoms with Crippen LogP contribution >= 0.6 is 0 Å². The predicted octanol–water partition coefficient (Wildman–Crippen LogP) is 0.118. The van der Waals surface area contributed by atoms with Crippen LogP contribution in [0.15, 0.2) is 0 Å². The van der Waals surface area contributed by atoms with E-state index >= 15 is 0 Å². The third-order valence-corrected chi connectivity index (χ3v) is 2.57. The van der Waals surface area contributed by atoms with Gasteiger partial charge < -0.3 is 15.5 Å². The zero-order valence-corrected chi connectivity index (χ0v) is 7.66. The van der Waals surface area contributed by atoms with Gasteiger partial charge in [-0.15, -0.1) is 0 Å². The van der Waals surface area contributed by atoms with Gasteiger partial charge >= 0.3 is 0 Å². The van der Waals surface area contributed by atoms with E-state index < -0.39 is 12.2 Å². The van der Waals surface area contributed by atoms with E-state index in [1.807, 2.05) is 0 Å². The summed E-state index contributed by atoms with van der Waals surface area (Å²) >= 11 is 0. The zero-order chi connectivity index (χ0) is 8.97. The van der Waals surface area contributed by atoms with Crippen molar-refractivity contribution in [2.24, 2.45) is 5.92 Å². The van der Waals surface area contributed by atoms with Crippen LogP contribution in [0.1, 0.15) is 26.2 Å². The standard InChI is InChI=1S/C9H19NO2/c1-2-3-4-7-5-10-6-8(11)9(7)12/h7-12H,2-6H2,1H3/t7-,8+,9+/m0/s1. The van der Waals surface area contributed by atoms with Gasteiger partial charge in [-0.3, -0.25) is 0 Å². The van der Waals surface area contributed by atoms with Crippen molar-refractivity contribution < 1.29 is 10.2 Å². The highest BCUT2D eigenvalue weighted by Crippen LogP contribution is 2.17. The number of aliphatic hydroxyl groups excluding tert-OH is 2. The van der Waals surface area contributed by atoms with E-state index in [1.54, 1.807) is 0 Å². The lowest BCUT2D eigenvalue weighted by atomic mass is 9.89. The molecule has 0 amide bonds. The van der Waals surface area contributed by atoms with Crippen molar-refractivity contribution in [2.75, 3.05) is 13.1 Å². The minimum absolute atomic E-state index is 0.244. The van der Waals surface area contributed by atoms with Crippen molar-refractivity contribution in [2.45, 2.75) is 38.4 Å². The first-order valence-corrected chi connectivity index (χ1v) is 4.82. The van der Waals surface area contributed by atoms with Gasteiger partial charge in [-0.1, -0.05) is 19.8 Å². The lowest BCUT2D eigenvalue weighted by molar-refractivity contribution is -0.0374. The highest BCUT2D eigenvalue weighted by Gasteiger charge is 2.29. The molecule has 1 saturated heterocycles. The fourth-order valence-corrected chi connectivity index (χ4v) is 1.71. The van der Waals surface area contributed by atoms with Gasteiger partial charge in [0.25, 0.3) is 0 Å². The van der Waals surface area contributed by atoms with Crippen molar-refractivity contribution in [3.8, 4) is 0 Å². The van der Waals surface area contributed by atoms with Gasteiger partial charge in [0.15, 0.2) is 0 Å². The van der Waals surface area contributed by atoms with Gasteiger partial charge in [-0.05, 0) is 12.3 Å². The molecule has 3 heteroatoms. The number of nitrogens with one attached hydrogen (secondary N) is 1. The first-order valence-electron chi connectivity index (χ1n) is 4.82. The van der Waals surface area contributed by atoms with Gasteiger partial charge in [-0.2, -0.15) is 0 Å².